The Morgan fingerprint density at radius 2 is 1.70 bits per heavy atom. The number of para-hydroxylation sites is 1. The van der Waals surface area contributed by atoms with Gasteiger partial charge in [-0.25, -0.2) is 0 Å². The molecule has 0 radical (unpaired) electrons. The molecule has 1 aliphatic rings. The molecule has 2 heterocycles. The number of rotatable bonds is 13. The van der Waals surface area contributed by atoms with Gasteiger partial charge in [0.15, 0.2) is 8.32 Å². The second-order valence-electron chi connectivity index (χ2n) is 13.7. The normalized spacial score (nSPS) is 15.6. The molecule has 1 aliphatic heterocycles. The molecule has 1 amide bonds. The van der Waals surface area contributed by atoms with Gasteiger partial charge in [0.05, 0.1) is 6.10 Å². The number of aromatic nitrogens is 1. The zero-order valence-electron chi connectivity index (χ0n) is 27.7. The van der Waals surface area contributed by atoms with Crippen LogP contribution in [-0.4, -0.2) is 56.0 Å². The quantitative estimate of drug-likeness (QED) is 0.153. The van der Waals surface area contributed by atoms with E-state index in [0.29, 0.717) is 6.61 Å². The minimum atomic E-state index is -2.08. The van der Waals surface area contributed by atoms with Crippen molar-refractivity contribution in [3.05, 3.63) is 114 Å². The van der Waals surface area contributed by atoms with E-state index >= 15 is 0 Å². The topological polar surface area (TPSA) is 86.9 Å². The van der Waals surface area contributed by atoms with Crippen LogP contribution in [0.2, 0.25) is 18.1 Å². The van der Waals surface area contributed by atoms with E-state index < -0.39 is 14.2 Å². The third-order valence-corrected chi connectivity index (χ3v) is 13.6. The van der Waals surface area contributed by atoms with Crippen molar-refractivity contribution < 1.29 is 18.7 Å². The maximum Gasteiger partial charge on any atom is 0.267 e. The SMILES string of the molecule is CC(C)(C)[Si](C)(C)OC(COc1ccccc1)CN(Cc1ccccc1)CC1CCc2cc(-c3ccnc(C(N)=O)c3)ccc2O1. The van der Waals surface area contributed by atoms with Crippen LogP contribution in [0.4, 0.5) is 0 Å². The fourth-order valence-electron chi connectivity index (χ4n) is 5.54. The average molecular weight is 638 g/mol. The zero-order chi connectivity index (χ0) is 32.7. The van der Waals surface area contributed by atoms with Gasteiger partial charge in [0.25, 0.3) is 5.91 Å². The Morgan fingerprint density at radius 1 is 1.00 bits per heavy atom. The number of aryl methyl sites for hydroxylation is 1. The van der Waals surface area contributed by atoms with Crippen LogP contribution in [0.5, 0.6) is 11.5 Å². The van der Waals surface area contributed by atoms with Gasteiger partial charge in [0.2, 0.25) is 0 Å². The van der Waals surface area contributed by atoms with Crippen LogP contribution in [0.3, 0.4) is 0 Å². The number of nitrogens with zero attached hydrogens (tertiary/aromatic N) is 2. The Morgan fingerprint density at radius 3 is 2.39 bits per heavy atom. The van der Waals surface area contributed by atoms with Crippen molar-refractivity contribution in [2.45, 2.75) is 70.5 Å². The molecule has 2 atom stereocenters. The summed E-state index contributed by atoms with van der Waals surface area (Å²) in [7, 11) is -2.08. The molecule has 2 N–H and O–H groups in total. The third-order valence-electron chi connectivity index (χ3n) is 9.05. The van der Waals surface area contributed by atoms with Gasteiger partial charge >= 0.3 is 0 Å². The van der Waals surface area contributed by atoms with E-state index in [1.165, 1.54) is 5.56 Å². The molecule has 0 saturated heterocycles. The number of fused-ring (bicyclic) bond motifs is 1. The van der Waals surface area contributed by atoms with Gasteiger partial charge in [-0.3, -0.25) is 14.7 Å². The van der Waals surface area contributed by atoms with Gasteiger partial charge in [-0.1, -0.05) is 75.4 Å². The number of nitrogens with two attached hydrogens (primary N) is 1. The van der Waals surface area contributed by atoms with Crippen molar-refractivity contribution >= 4 is 14.2 Å². The van der Waals surface area contributed by atoms with Crippen LogP contribution in [-0.2, 0) is 17.4 Å². The molecule has 0 aliphatic carbocycles. The summed E-state index contributed by atoms with van der Waals surface area (Å²) in [4.78, 5) is 18.2. The number of benzene rings is 3. The predicted molar refractivity (Wildman–Crippen MR) is 187 cm³/mol. The van der Waals surface area contributed by atoms with E-state index in [2.05, 4.69) is 80.1 Å². The number of pyridine rings is 1. The molecular weight excluding hydrogens is 591 g/mol. The van der Waals surface area contributed by atoms with Crippen LogP contribution in [0.25, 0.3) is 11.1 Å². The van der Waals surface area contributed by atoms with Crippen molar-refractivity contribution in [2.24, 2.45) is 5.73 Å². The Labute approximate surface area is 274 Å². The first kappa shape index (κ1) is 33.4. The summed E-state index contributed by atoms with van der Waals surface area (Å²) in [5.41, 5.74) is 10.1. The highest BCUT2D eigenvalue weighted by atomic mass is 28.4. The number of hydrogen-bond donors (Lipinski definition) is 1. The third kappa shape index (κ3) is 8.84. The molecule has 5 rings (SSSR count). The molecule has 242 valence electrons. The summed E-state index contributed by atoms with van der Waals surface area (Å²) in [6.07, 6.45) is 3.36. The highest BCUT2D eigenvalue weighted by molar-refractivity contribution is 6.74. The number of carbonyl (C=O) groups excluding carboxylic acids is 1. The minimum absolute atomic E-state index is 0.0352. The molecule has 46 heavy (non-hydrogen) atoms. The summed E-state index contributed by atoms with van der Waals surface area (Å²) in [5, 5.41) is 0.0784. The fraction of sp³-hybridized carbons (Fsp3) is 0.368. The Kier molecular flexibility index (Phi) is 10.6. The van der Waals surface area contributed by atoms with Crippen molar-refractivity contribution in [1.29, 1.82) is 0 Å². The number of ether oxygens (including phenoxy) is 2. The van der Waals surface area contributed by atoms with E-state index in [4.69, 9.17) is 19.6 Å². The summed E-state index contributed by atoms with van der Waals surface area (Å²) in [6.45, 7) is 14.2. The fourth-order valence-corrected chi connectivity index (χ4v) is 6.87. The van der Waals surface area contributed by atoms with Gasteiger partial charge in [-0.05, 0) is 89.6 Å². The first-order valence-corrected chi connectivity index (χ1v) is 19.1. The van der Waals surface area contributed by atoms with Gasteiger partial charge in [0.1, 0.15) is 29.9 Å². The van der Waals surface area contributed by atoms with Crippen LogP contribution in [0.15, 0.2) is 97.2 Å². The average Bonchev–Trinajstić information content (AvgIpc) is 3.03. The van der Waals surface area contributed by atoms with Gasteiger partial charge < -0.3 is 19.6 Å². The monoisotopic (exact) mass is 637 g/mol. The van der Waals surface area contributed by atoms with E-state index in [9.17, 15) is 4.79 Å². The maximum atomic E-state index is 11.7. The molecule has 1 aromatic heterocycles. The first-order valence-electron chi connectivity index (χ1n) is 16.1. The van der Waals surface area contributed by atoms with Gasteiger partial charge in [-0.15, -0.1) is 0 Å². The van der Waals surface area contributed by atoms with E-state index in [0.717, 1.165) is 60.7 Å². The molecule has 0 spiro atoms. The lowest BCUT2D eigenvalue weighted by Crippen LogP contribution is -2.50. The minimum Gasteiger partial charge on any atom is -0.491 e. The van der Waals surface area contributed by atoms with E-state index in [1.54, 1.807) is 12.3 Å². The van der Waals surface area contributed by atoms with Crippen molar-refractivity contribution in [1.82, 2.24) is 9.88 Å². The van der Waals surface area contributed by atoms with Gasteiger partial charge in [0, 0.05) is 25.8 Å². The zero-order valence-corrected chi connectivity index (χ0v) is 28.7. The van der Waals surface area contributed by atoms with Crippen LogP contribution < -0.4 is 15.2 Å². The second kappa shape index (κ2) is 14.6. The summed E-state index contributed by atoms with van der Waals surface area (Å²) < 4.78 is 19.9. The van der Waals surface area contributed by atoms with Crippen molar-refractivity contribution in [2.75, 3.05) is 19.7 Å². The largest absolute Gasteiger partial charge is 0.491 e. The Hall–Kier alpha value is -3.98. The number of hydrogen-bond acceptors (Lipinski definition) is 6. The first-order chi connectivity index (χ1) is 22.0. The molecule has 0 fully saturated rings. The molecule has 4 aromatic rings. The molecule has 3 aromatic carbocycles. The summed E-state index contributed by atoms with van der Waals surface area (Å²) in [5.74, 6) is 1.23. The van der Waals surface area contributed by atoms with Crippen LogP contribution >= 0.6 is 0 Å². The van der Waals surface area contributed by atoms with Crippen LogP contribution in [0, 0.1) is 0 Å². The van der Waals surface area contributed by atoms with Crippen LogP contribution in [0.1, 0.15) is 48.8 Å². The highest BCUT2D eigenvalue weighted by Crippen LogP contribution is 2.38. The number of carbonyl (C=O) groups is 1. The van der Waals surface area contributed by atoms with Crippen molar-refractivity contribution in [3.8, 4) is 22.6 Å². The molecular formula is C38H47N3O4Si. The molecule has 7 nitrogen and oxygen atoms in total. The molecule has 0 bridgehead atoms. The second-order valence-corrected chi connectivity index (χ2v) is 18.5. The number of amides is 1. The predicted octanol–water partition coefficient (Wildman–Crippen LogP) is 7.51. The highest BCUT2D eigenvalue weighted by Gasteiger charge is 2.40. The summed E-state index contributed by atoms with van der Waals surface area (Å²) >= 11 is 0. The molecule has 2 unspecified atom stereocenters. The Bertz CT molecular complexity index is 1590. The number of primary amides is 1. The lowest BCUT2D eigenvalue weighted by Gasteiger charge is -2.41. The lowest BCUT2D eigenvalue weighted by molar-refractivity contribution is 0.0489. The molecule has 0 saturated carbocycles. The maximum absolute atomic E-state index is 11.7. The van der Waals surface area contributed by atoms with E-state index in [1.807, 2.05) is 48.5 Å². The van der Waals surface area contributed by atoms with Crippen molar-refractivity contribution in [3.63, 3.8) is 0 Å². The molecule has 8 heteroatoms. The smallest absolute Gasteiger partial charge is 0.267 e. The standard InChI is InChI=1S/C38H47N3O4Si/c1-38(2,3)46(4,5)45-34(27-43-32-14-10-7-11-15-32)26-41(24-28-12-8-6-9-13-28)25-33-18-16-31-22-29(17-19-36(31)44-33)30-20-21-40-35(23-30)37(39)42/h6-15,17,19-23,33-34H,16,18,24-27H2,1-5H3,(H2,39,42). The van der Waals surface area contributed by atoms with Gasteiger partial charge in [-0.2, -0.15) is 0 Å². The lowest BCUT2D eigenvalue weighted by atomic mass is 9.96. The van der Waals surface area contributed by atoms with E-state index in [-0.39, 0.29) is 22.9 Å². The Balaban J connectivity index is 1.33. The summed E-state index contributed by atoms with van der Waals surface area (Å²) in [6, 6.07) is 30.4.